The first kappa shape index (κ1) is 11.4. The van der Waals surface area contributed by atoms with Crippen molar-refractivity contribution < 1.29 is 0 Å². The Balaban J connectivity index is 2.25. The summed E-state index contributed by atoms with van der Waals surface area (Å²) in [6.45, 7) is 3.32. The third-order valence-electron chi connectivity index (χ3n) is 3.51. The standard InChI is InChI=1S/C13H21N3/c1-10-11(7-8-13(14-2)15-10)12-6-4-5-9-16(12)3/h7-8,12H,4-6,9H2,1-3H3,(H,14,15)/t12-/m1/s1. The number of hydrogen-bond donors (Lipinski definition) is 1. The fourth-order valence-corrected chi connectivity index (χ4v) is 2.53. The van der Waals surface area contributed by atoms with Crippen molar-refractivity contribution in [2.24, 2.45) is 0 Å². The fraction of sp³-hybridized carbons (Fsp3) is 0.615. The van der Waals surface area contributed by atoms with Crippen LogP contribution in [0, 0.1) is 6.92 Å². The first-order valence-electron chi connectivity index (χ1n) is 6.08. The molecule has 0 amide bonds. The van der Waals surface area contributed by atoms with Crippen LogP contribution in [-0.2, 0) is 0 Å². The van der Waals surface area contributed by atoms with Gasteiger partial charge in [-0.05, 0) is 45.0 Å². The van der Waals surface area contributed by atoms with Crippen LogP contribution in [0.15, 0.2) is 12.1 Å². The Hall–Kier alpha value is -1.09. The topological polar surface area (TPSA) is 28.2 Å². The second kappa shape index (κ2) is 4.83. The molecule has 88 valence electrons. The van der Waals surface area contributed by atoms with E-state index in [9.17, 15) is 0 Å². The molecule has 0 bridgehead atoms. The molecule has 2 heterocycles. The van der Waals surface area contributed by atoms with Gasteiger partial charge in [0, 0.05) is 18.8 Å². The Bertz CT molecular complexity index is 362. The molecule has 1 fully saturated rings. The number of hydrogen-bond acceptors (Lipinski definition) is 3. The molecule has 3 nitrogen and oxygen atoms in total. The summed E-state index contributed by atoms with van der Waals surface area (Å²) in [6.07, 6.45) is 3.92. The number of aryl methyl sites for hydroxylation is 1. The molecule has 0 saturated carbocycles. The van der Waals surface area contributed by atoms with E-state index in [1.807, 2.05) is 7.05 Å². The van der Waals surface area contributed by atoms with E-state index in [2.05, 4.69) is 41.3 Å². The molecule has 1 aromatic heterocycles. The van der Waals surface area contributed by atoms with Gasteiger partial charge in [-0.25, -0.2) is 4.98 Å². The third-order valence-corrected chi connectivity index (χ3v) is 3.51. The van der Waals surface area contributed by atoms with Gasteiger partial charge < -0.3 is 5.32 Å². The van der Waals surface area contributed by atoms with Crippen molar-refractivity contribution in [2.75, 3.05) is 26.0 Å². The van der Waals surface area contributed by atoms with Gasteiger partial charge in [-0.2, -0.15) is 0 Å². The van der Waals surface area contributed by atoms with Crippen molar-refractivity contribution in [3.63, 3.8) is 0 Å². The summed E-state index contributed by atoms with van der Waals surface area (Å²) in [7, 11) is 4.13. The summed E-state index contributed by atoms with van der Waals surface area (Å²) in [5.41, 5.74) is 2.55. The molecule has 0 unspecified atom stereocenters. The van der Waals surface area contributed by atoms with Crippen molar-refractivity contribution in [3.05, 3.63) is 23.4 Å². The van der Waals surface area contributed by atoms with Gasteiger partial charge in [-0.15, -0.1) is 0 Å². The summed E-state index contributed by atoms with van der Waals surface area (Å²) in [6, 6.07) is 4.86. The Labute approximate surface area is 97.9 Å². The molecule has 1 aliphatic rings. The van der Waals surface area contributed by atoms with Crippen LogP contribution in [0.4, 0.5) is 5.82 Å². The van der Waals surface area contributed by atoms with Gasteiger partial charge in [0.1, 0.15) is 5.82 Å². The van der Waals surface area contributed by atoms with Crippen LogP contribution < -0.4 is 5.32 Å². The summed E-state index contributed by atoms with van der Waals surface area (Å²) < 4.78 is 0. The highest BCUT2D eigenvalue weighted by Crippen LogP contribution is 2.31. The molecule has 2 rings (SSSR count). The van der Waals surface area contributed by atoms with E-state index in [0.717, 1.165) is 11.5 Å². The number of pyridine rings is 1. The van der Waals surface area contributed by atoms with E-state index in [0.29, 0.717) is 6.04 Å². The monoisotopic (exact) mass is 219 g/mol. The van der Waals surface area contributed by atoms with Gasteiger partial charge in [0.05, 0.1) is 0 Å². The van der Waals surface area contributed by atoms with Gasteiger partial charge in [0.2, 0.25) is 0 Å². The van der Waals surface area contributed by atoms with Crippen LogP contribution in [0.1, 0.15) is 36.6 Å². The third kappa shape index (κ3) is 2.19. The summed E-state index contributed by atoms with van der Waals surface area (Å²) >= 11 is 0. The van der Waals surface area contributed by atoms with E-state index in [1.165, 1.54) is 31.4 Å². The molecule has 0 radical (unpaired) electrons. The van der Waals surface area contributed by atoms with Crippen LogP contribution in [0.5, 0.6) is 0 Å². The summed E-state index contributed by atoms with van der Waals surface area (Å²) in [4.78, 5) is 7.01. The Morgan fingerprint density at radius 1 is 1.38 bits per heavy atom. The van der Waals surface area contributed by atoms with Gasteiger partial charge in [-0.1, -0.05) is 12.5 Å². The molecular weight excluding hydrogens is 198 g/mol. The SMILES string of the molecule is CNc1ccc([C@H]2CCCCN2C)c(C)n1. The number of piperidine rings is 1. The van der Waals surface area contributed by atoms with Crippen molar-refractivity contribution in [3.8, 4) is 0 Å². The molecule has 1 aromatic rings. The fourth-order valence-electron chi connectivity index (χ4n) is 2.53. The van der Waals surface area contributed by atoms with Crippen molar-refractivity contribution in [1.29, 1.82) is 0 Å². The van der Waals surface area contributed by atoms with E-state index in [1.54, 1.807) is 0 Å². The molecule has 0 aliphatic carbocycles. The highest BCUT2D eigenvalue weighted by atomic mass is 15.1. The normalized spacial score (nSPS) is 22.1. The highest BCUT2D eigenvalue weighted by molar-refractivity contribution is 5.39. The molecule has 0 spiro atoms. The lowest BCUT2D eigenvalue weighted by atomic mass is 9.95. The molecule has 1 saturated heterocycles. The molecule has 3 heteroatoms. The predicted octanol–water partition coefficient (Wildman–Crippen LogP) is 2.59. The van der Waals surface area contributed by atoms with Gasteiger partial charge in [-0.3, -0.25) is 4.90 Å². The van der Waals surface area contributed by atoms with E-state index in [4.69, 9.17) is 0 Å². The minimum absolute atomic E-state index is 0.562. The first-order chi connectivity index (χ1) is 7.72. The minimum atomic E-state index is 0.562. The lowest BCUT2D eigenvalue weighted by Crippen LogP contribution is -2.30. The lowest BCUT2D eigenvalue weighted by Gasteiger charge is -2.33. The Morgan fingerprint density at radius 2 is 2.19 bits per heavy atom. The van der Waals surface area contributed by atoms with Crippen LogP contribution in [0.2, 0.25) is 0 Å². The van der Waals surface area contributed by atoms with Crippen molar-refractivity contribution in [1.82, 2.24) is 9.88 Å². The number of anilines is 1. The van der Waals surface area contributed by atoms with Gasteiger partial charge in [0.25, 0.3) is 0 Å². The van der Waals surface area contributed by atoms with Crippen LogP contribution in [-0.4, -0.2) is 30.5 Å². The maximum atomic E-state index is 4.56. The van der Waals surface area contributed by atoms with Crippen LogP contribution in [0.25, 0.3) is 0 Å². The summed E-state index contributed by atoms with van der Waals surface area (Å²) in [5, 5.41) is 3.08. The summed E-state index contributed by atoms with van der Waals surface area (Å²) in [5.74, 6) is 0.958. The molecular formula is C13H21N3. The number of aromatic nitrogens is 1. The molecule has 16 heavy (non-hydrogen) atoms. The predicted molar refractivity (Wildman–Crippen MR) is 67.7 cm³/mol. The van der Waals surface area contributed by atoms with Gasteiger partial charge in [0.15, 0.2) is 0 Å². The smallest absolute Gasteiger partial charge is 0.125 e. The largest absolute Gasteiger partial charge is 0.373 e. The van der Waals surface area contributed by atoms with E-state index in [-0.39, 0.29) is 0 Å². The zero-order chi connectivity index (χ0) is 11.5. The zero-order valence-electron chi connectivity index (χ0n) is 10.5. The number of nitrogens with one attached hydrogen (secondary N) is 1. The van der Waals surface area contributed by atoms with E-state index >= 15 is 0 Å². The average molecular weight is 219 g/mol. The molecule has 0 aromatic carbocycles. The lowest BCUT2D eigenvalue weighted by molar-refractivity contribution is 0.186. The second-order valence-electron chi connectivity index (χ2n) is 4.61. The Morgan fingerprint density at radius 3 is 2.81 bits per heavy atom. The Kier molecular flexibility index (Phi) is 3.44. The maximum Gasteiger partial charge on any atom is 0.125 e. The van der Waals surface area contributed by atoms with Crippen molar-refractivity contribution >= 4 is 5.82 Å². The molecule has 1 aliphatic heterocycles. The average Bonchev–Trinajstić information content (AvgIpc) is 2.30. The number of likely N-dealkylation sites (tertiary alicyclic amines) is 1. The number of rotatable bonds is 2. The number of nitrogens with zero attached hydrogens (tertiary/aromatic N) is 2. The van der Waals surface area contributed by atoms with E-state index < -0.39 is 0 Å². The first-order valence-corrected chi connectivity index (χ1v) is 6.08. The zero-order valence-corrected chi connectivity index (χ0v) is 10.5. The quantitative estimate of drug-likeness (QED) is 0.828. The molecule has 1 atom stereocenters. The second-order valence-corrected chi connectivity index (χ2v) is 4.61. The maximum absolute atomic E-state index is 4.56. The van der Waals surface area contributed by atoms with Crippen molar-refractivity contribution in [2.45, 2.75) is 32.2 Å². The van der Waals surface area contributed by atoms with Crippen LogP contribution >= 0.6 is 0 Å². The molecule has 1 N–H and O–H groups in total. The van der Waals surface area contributed by atoms with Gasteiger partial charge >= 0.3 is 0 Å². The minimum Gasteiger partial charge on any atom is -0.373 e. The highest BCUT2D eigenvalue weighted by Gasteiger charge is 2.22. The van der Waals surface area contributed by atoms with Crippen LogP contribution in [0.3, 0.4) is 0 Å².